The van der Waals surface area contributed by atoms with Crippen molar-refractivity contribution in [1.29, 1.82) is 0 Å². The zero-order valence-corrected chi connectivity index (χ0v) is 25.1. The fraction of sp³-hybridized carbons (Fsp3) is 0.353. The fourth-order valence-electron chi connectivity index (χ4n) is 5.50. The van der Waals surface area contributed by atoms with E-state index in [4.69, 9.17) is 0 Å². The van der Waals surface area contributed by atoms with E-state index in [2.05, 4.69) is 146 Å². The number of rotatable bonds is 5. The van der Waals surface area contributed by atoms with Gasteiger partial charge >= 0.3 is 0 Å². The lowest BCUT2D eigenvalue weighted by atomic mass is 9.89. The third-order valence-corrected chi connectivity index (χ3v) is 18.3. The van der Waals surface area contributed by atoms with Crippen LogP contribution < -0.4 is 5.30 Å². The third-order valence-electron chi connectivity index (χ3n) is 6.97. The van der Waals surface area contributed by atoms with Gasteiger partial charge in [0, 0.05) is 5.66 Å². The van der Waals surface area contributed by atoms with Gasteiger partial charge in [-0.25, -0.2) is 0 Å². The first kappa shape index (κ1) is 27.0. The average molecular weight is 513 g/mol. The van der Waals surface area contributed by atoms with Crippen LogP contribution in [-0.2, 0) is 0 Å². The molecule has 0 aromatic heterocycles. The predicted molar refractivity (Wildman–Crippen MR) is 166 cm³/mol. The quantitative estimate of drug-likeness (QED) is 0.298. The van der Waals surface area contributed by atoms with Crippen LogP contribution in [0, 0.1) is 6.92 Å². The summed E-state index contributed by atoms with van der Waals surface area (Å²) in [6.45, 7) is 19.5. The molecule has 0 spiro atoms. The molecule has 0 bridgehead atoms. The van der Waals surface area contributed by atoms with Gasteiger partial charge in [0.25, 0.3) is 0 Å². The molecular weight excluding hydrogens is 470 g/mol. The molecule has 0 aliphatic heterocycles. The zero-order valence-electron chi connectivity index (χ0n) is 23.3. The summed E-state index contributed by atoms with van der Waals surface area (Å²) in [6, 6.07) is 29.4. The molecule has 3 aromatic rings. The van der Waals surface area contributed by atoms with Crippen molar-refractivity contribution < 1.29 is 0 Å². The number of hydrogen-bond donors (Lipinski definition) is 0. The molecule has 0 nitrogen and oxygen atoms in total. The molecule has 0 amide bonds. The number of aryl methyl sites for hydroxylation is 1. The second kappa shape index (κ2) is 10.8. The molecule has 0 saturated carbocycles. The van der Waals surface area contributed by atoms with E-state index < -0.39 is 7.61 Å². The summed E-state index contributed by atoms with van der Waals surface area (Å²) in [5.41, 5.74) is 9.04. The standard InChI is InChI=1S/C34H42P2/c1-25-15-12-13-19-30(25)32-26(2)16-14-20-31(32)36(34(6,7)8)35(33(3,4)5)29-23-21-28(22-24-29)27-17-10-9-11-18-27/h9-19,21-24,31H,20H2,1-8H3/t31?,35-,36-/m0/s1. The van der Waals surface area contributed by atoms with Crippen LogP contribution >= 0.6 is 15.2 Å². The number of benzene rings is 3. The second-order valence-corrected chi connectivity index (χ2v) is 19.6. The van der Waals surface area contributed by atoms with Crippen molar-refractivity contribution in [3.8, 4) is 11.1 Å². The van der Waals surface area contributed by atoms with Crippen LogP contribution in [0.3, 0.4) is 0 Å². The van der Waals surface area contributed by atoms with Gasteiger partial charge in [-0.05, 0) is 76.9 Å². The van der Waals surface area contributed by atoms with Crippen LogP contribution in [0.25, 0.3) is 16.7 Å². The first-order valence-corrected chi connectivity index (χ1v) is 16.6. The highest BCUT2D eigenvalue weighted by Crippen LogP contribution is 2.83. The highest BCUT2D eigenvalue weighted by atomic mass is 32.1. The largest absolute Gasteiger partial charge is 0.0833 e. The summed E-state index contributed by atoms with van der Waals surface area (Å²) < 4.78 is 0. The normalized spacial score (nSPS) is 18.3. The summed E-state index contributed by atoms with van der Waals surface area (Å²) >= 11 is 0. The van der Waals surface area contributed by atoms with E-state index >= 15 is 0 Å². The topological polar surface area (TPSA) is 0 Å². The monoisotopic (exact) mass is 512 g/mol. The van der Waals surface area contributed by atoms with Crippen molar-refractivity contribution in [1.82, 2.24) is 0 Å². The Morgan fingerprint density at radius 1 is 0.667 bits per heavy atom. The Morgan fingerprint density at radius 3 is 1.83 bits per heavy atom. The fourth-order valence-corrected chi connectivity index (χ4v) is 16.7. The molecule has 0 heterocycles. The van der Waals surface area contributed by atoms with Crippen molar-refractivity contribution in [2.24, 2.45) is 0 Å². The van der Waals surface area contributed by atoms with Crippen LogP contribution in [-0.4, -0.2) is 16.0 Å². The Hall–Kier alpha value is -2.00. The maximum atomic E-state index is 2.50. The zero-order chi connectivity index (χ0) is 26.1. The van der Waals surface area contributed by atoms with Gasteiger partial charge in [-0.15, -0.1) is 0 Å². The van der Waals surface area contributed by atoms with Crippen LogP contribution in [0.2, 0.25) is 0 Å². The summed E-state index contributed by atoms with van der Waals surface area (Å²) in [4.78, 5) is 0. The lowest BCUT2D eigenvalue weighted by Crippen LogP contribution is -2.29. The summed E-state index contributed by atoms with van der Waals surface area (Å²) in [7, 11) is -0.759. The summed E-state index contributed by atoms with van der Waals surface area (Å²) in [6.07, 6.45) is 5.95. The van der Waals surface area contributed by atoms with Crippen molar-refractivity contribution in [2.45, 2.75) is 77.8 Å². The van der Waals surface area contributed by atoms with Crippen LogP contribution in [0.1, 0.15) is 66.0 Å². The predicted octanol–water partition coefficient (Wildman–Crippen LogP) is 10.6. The molecule has 3 aromatic carbocycles. The highest BCUT2D eigenvalue weighted by molar-refractivity contribution is 8.34. The minimum Gasteiger partial charge on any atom is -0.0833 e. The van der Waals surface area contributed by atoms with Crippen molar-refractivity contribution in [2.75, 3.05) is 0 Å². The molecule has 0 saturated heterocycles. The summed E-state index contributed by atoms with van der Waals surface area (Å²) in [5.74, 6) is 0. The maximum Gasteiger partial charge on any atom is 0.0131 e. The molecule has 0 N–H and O–H groups in total. The Kier molecular flexibility index (Phi) is 8.10. The first-order chi connectivity index (χ1) is 17.0. The van der Waals surface area contributed by atoms with Crippen molar-refractivity contribution in [3.05, 3.63) is 108 Å². The van der Waals surface area contributed by atoms with E-state index in [1.165, 1.54) is 27.8 Å². The smallest absolute Gasteiger partial charge is 0.0131 e. The van der Waals surface area contributed by atoms with Gasteiger partial charge in [0.15, 0.2) is 0 Å². The third kappa shape index (κ3) is 5.77. The van der Waals surface area contributed by atoms with Gasteiger partial charge in [0.05, 0.1) is 0 Å². The minimum absolute atomic E-state index is 0.217. The second-order valence-electron chi connectivity index (χ2n) is 12.0. The summed E-state index contributed by atoms with van der Waals surface area (Å²) in [5, 5.41) is 2.00. The van der Waals surface area contributed by atoms with Crippen molar-refractivity contribution >= 4 is 26.1 Å². The Morgan fingerprint density at radius 2 is 1.25 bits per heavy atom. The lowest BCUT2D eigenvalue weighted by molar-refractivity contribution is 0.769. The molecular formula is C34H42P2. The van der Waals surface area contributed by atoms with Crippen LogP contribution in [0.5, 0.6) is 0 Å². The molecule has 1 aliphatic rings. The van der Waals surface area contributed by atoms with E-state index in [-0.39, 0.29) is 17.9 Å². The SMILES string of the molecule is CC1=C(c2ccccc2C)C([P@]([P@@](c2ccc(-c3ccccc3)cc2)C(C)(C)C)C(C)(C)C)CC=C1. The Bertz CT molecular complexity index is 1230. The lowest BCUT2D eigenvalue weighted by Gasteiger charge is -2.50. The van der Waals surface area contributed by atoms with E-state index in [1.54, 1.807) is 10.9 Å². The van der Waals surface area contributed by atoms with Gasteiger partial charge in [-0.3, -0.25) is 0 Å². The average Bonchev–Trinajstić information content (AvgIpc) is 2.82. The molecule has 0 fully saturated rings. The molecule has 36 heavy (non-hydrogen) atoms. The van der Waals surface area contributed by atoms with Crippen LogP contribution in [0.4, 0.5) is 0 Å². The Balaban J connectivity index is 1.84. The van der Waals surface area contributed by atoms with Gasteiger partial charge in [-0.2, -0.15) is 0 Å². The van der Waals surface area contributed by atoms with E-state index in [1.807, 2.05) is 0 Å². The maximum absolute atomic E-state index is 2.50. The van der Waals surface area contributed by atoms with Gasteiger partial charge in [0.1, 0.15) is 0 Å². The highest BCUT2D eigenvalue weighted by Gasteiger charge is 2.45. The first-order valence-electron chi connectivity index (χ1n) is 13.2. The molecule has 0 radical (unpaired) electrons. The molecule has 188 valence electrons. The van der Waals surface area contributed by atoms with Crippen molar-refractivity contribution in [3.63, 3.8) is 0 Å². The van der Waals surface area contributed by atoms with Crippen LogP contribution in [0.15, 0.2) is 96.6 Å². The van der Waals surface area contributed by atoms with Gasteiger partial charge in [-0.1, -0.05) is 140 Å². The molecule has 1 unspecified atom stereocenters. The molecule has 4 rings (SSSR count). The van der Waals surface area contributed by atoms with Gasteiger partial charge < -0.3 is 0 Å². The molecule has 3 atom stereocenters. The van der Waals surface area contributed by atoms with Gasteiger partial charge in [0.2, 0.25) is 0 Å². The number of hydrogen-bond acceptors (Lipinski definition) is 0. The van der Waals surface area contributed by atoms with E-state index in [0.29, 0.717) is 5.66 Å². The molecule has 2 heteroatoms. The van der Waals surface area contributed by atoms with E-state index in [9.17, 15) is 0 Å². The van der Waals surface area contributed by atoms with E-state index in [0.717, 1.165) is 6.42 Å². The molecule has 1 aliphatic carbocycles. The number of allylic oxidation sites excluding steroid dienone is 4. The minimum atomic E-state index is -0.401. The Labute approximate surface area is 222 Å².